The minimum atomic E-state index is -0.616. The molecule has 0 saturated heterocycles. The summed E-state index contributed by atoms with van der Waals surface area (Å²) >= 11 is 10.6. The molecule has 2 aromatic rings. The van der Waals surface area contributed by atoms with Crippen molar-refractivity contribution < 1.29 is 18.4 Å². The van der Waals surface area contributed by atoms with Crippen molar-refractivity contribution >= 4 is 24.4 Å². The molecule has 0 spiro atoms. The van der Waals surface area contributed by atoms with Crippen molar-refractivity contribution in [2.24, 2.45) is 0 Å². The van der Waals surface area contributed by atoms with Gasteiger partial charge in [0.15, 0.2) is 0 Å². The Morgan fingerprint density at radius 3 is 2.54 bits per heavy atom. The van der Waals surface area contributed by atoms with Gasteiger partial charge in [-0.15, -0.1) is 4.47 Å². The number of hydrogen-bond acceptors (Lipinski definition) is 5. The Hall–Kier alpha value is -1.38. The maximum absolute atomic E-state index is 13.3. The van der Waals surface area contributed by atoms with Crippen LogP contribution in [0.2, 0.25) is 5.02 Å². The number of halogens is 3. The van der Waals surface area contributed by atoms with Crippen LogP contribution >= 0.6 is 24.4 Å². The summed E-state index contributed by atoms with van der Waals surface area (Å²) in [6.07, 6.45) is -0.505. The van der Waals surface area contributed by atoms with Crippen LogP contribution in [0.1, 0.15) is 24.2 Å². The fraction of sp³-hybridized carbons (Fsp3) is 0.333. The summed E-state index contributed by atoms with van der Waals surface area (Å²) in [6.45, 7) is 3.02. The molecule has 0 radical (unpaired) electrons. The Morgan fingerprint density at radius 2 is 1.92 bits per heavy atom. The van der Waals surface area contributed by atoms with E-state index in [9.17, 15) is 8.78 Å². The predicted molar refractivity (Wildman–Crippen MR) is 101 cm³/mol. The monoisotopic (exact) mass is 402 g/mol. The predicted octanol–water partition coefficient (Wildman–Crippen LogP) is 4.56. The van der Waals surface area contributed by atoms with Crippen LogP contribution in [-0.4, -0.2) is 24.7 Å². The Labute approximate surface area is 162 Å². The van der Waals surface area contributed by atoms with E-state index in [-0.39, 0.29) is 6.54 Å². The first-order valence-electron chi connectivity index (χ1n) is 8.05. The Kier molecular flexibility index (Phi) is 8.12. The minimum Gasteiger partial charge on any atom is -0.496 e. The summed E-state index contributed by atoms with van der Waals surface area (Å²) in [6, 6.07) is 8.70. The molecule has 0 aliphatic rings. The van der Waals surface area contributed by atoms with Crippen molar-refractivity contribution in [2.45, 2.75) is 19.6 Å². The average Bonchev–Trinajstić information content (AvgIpc) is 2.59. The summed E-state index contributed by atoms with van der Waals surface area (Å²) in [5.74, 6) is -0.649. The summed E-state index contributed by atoms with van der Waals surface area (Å²) in [7, 11) is 1.55. The molecule has 8 heteroatoms. The molecule has 1 atom stereocenters. The van der Waals surface area contributed by atoms with E-state index in [4.69, 9.17) is 21.2 Å². The number of benzene rings is 2. The average molecular weight is 403 g/mol. The lowest BCUT2D eigenvalue weighted by Gasteiger charge is -2.25. The topological polar surface area (TPSA) is 33.7 Å². The molecule has 1 N–H and O–H groups in total. The van der Waals surface area contributed by atoms with Crippen molar-refractivity contribution in [1.29, 1.82) is 0 Å². The molecular formula is C18H21ClF2N2O2S. The van der Waals surface area contributed by atoms with Crippen molar-refractivity contribution in [3.05, 3.63) is 64.2 Å². The van der Waals surface area contributed by atoms with Gasteiger partial charge in [0.1, 0.15) is 23.5 Å². The van der Waals surface area contributed by atoms with Gasteiger partial charge in [-0.3, -0.25) is 4.84 Å². The van der Waals surface area contributed by atoms with E-state index in [0.29, 0.717) is 35.0 Å². The lowest BCUT2D eigenvalue weighted by atomic mass is 10.1. The van der Waals surface area contributed by atoms with Gasteiger partial charge in [-0.05, 0) is 36.8 Å². The van der Waals surface area contributed by atoms with Crippen molar-refractivity contribution in [3.63, 3.8) is 0 Å². The van der Waals surface area contributed by atoms with Gasteiger partial charge in [0, 0.05) is 31.3 Å². The number of methoxy groups -OCH3 is 1. The number of nitrogens with one attached hydrogen (secondary N) is 1. The van der Waals surface area contributed by atoms with Crippen LogP contribution in [0.3, 0.4) is 0 Å². The molecule has 0 amide bonds. The van der Waals surface area contributed by atoms with Gasteiger partial charge in [0.05, 0.1) is 12.1 Å². The molecule has 26 heavy (non-hydrogen) atoms. The maximum atomic E-state index is 13.3. The first kappa shape index (κ1) is 20.9. The van der Waals surface area contributed by atoms with E-state index in [0.717, 1.165) is 6.07 Å². The second kappa shape index (κ2) is 10.1. The van der Waals surface area contributed by atoms with E-state index in [1.807, 2.05) is 6.92 Å². The van der Waals surface area contributed by atoms with E-state index < -0.39 is 17.7 Å². The van der Waals surface area contributed by atoms with Gasteiger partial charge in [0.2, 0.25) is 0 Å². The molecule has 0 bridgehead atoms. The Morgan fingerprint density at radius 1 is 1.23 bits per heavy atom. The summed E-state index contributed by atoms with van der Waals surface area (Å²) in [4.78, 5) is 5.82. The fourth-order valence-electron chi connectivity index (χ4n) is 2.48. The molecule has 4 nitrogen and oxygen atoms in total. The number of hydrogen-bond donors (Lipinski definition) is 2. The number of rotatable bonds is 9. The standard InChI is InChI=1S/C18H21ClF2N2O2S/c1-3-23(26)25-17(18-15(19)5-4-6-16(18)24-2)11-22-10-12-7-13(20)9-14(21)8-12/h4-9,17,22,26H,3,10-11H2,1-2H3. The molecule has 2 aromatic carbocycles. The maximum Gasteiger partial charge on any atom is 0.126 e. The Bertz CT molecular complexity index is 716. The summed E-state index contributed by atoms with van der Waals surface area (Å²) < 4.78 is 33.4. The third-order valence-corrected chi connectivity index (χ3v) is 4.36. The molecule has 0 aliphatic carbocycles. The van der Waals surface area contributed by atoms with E-state index in [1.54, 1.807) is 25.3 Å². The Balaban J connectivity index is 2.15. The first-order valence-corrected chi connectivity index (χ1v) is 8.83. The van der Waals surface area contributed by atoms with E-state index in [2.05, 4.69) is 18.1 Å². The third kappa shape index (κ3) is 5.82. The molecule has 0 heterocycles. The fourth-order valence-corrected chi connectivity index (χ4v) is 2.88. The van der Waals surface area contributed by atoms with Gasteiger partial charge in [0.25, 0.3) is 0 Å². The normalized spacial score (nSPS) is 12.4. The highest BCUT2D eigenvalue weighted by atomic mass is 35.5. The van der Waals surface area contributed by atoms with E-state index in [1.165, 1.54) is 16.6 Å². The lowest BCUT2D eigenvalue weighted by Crippen LogP contribution is -2.27. The zero-order valence-electron chi connectivity index (χ0n) is 14.5. The molecular weight excluding hydrogens is 382 g/mol. The van der Waals surface area contributed by atoms with Crippen LogP contribution in [0.5, 0.6) is 5.75 Å². The van der Waals surface area contributed by atoms with Crippen LogP contribution in [-0.2, 0) is 11.4 Å². The summed E-state index contributed by atoms with van der Waals surface area (Å²) in [5, 5.41) is 3.62. The van der Waals surface area contributed by atoms with Crippen molar-refractivity contribution in [2.75, 3.05) is 20.2 Å². The molecule has 0 aromatic heterocycles. The second-order valence-corrected chi connectivity index (χ2v) is 6.38. The molecule has 2 rings (SSSR count). The number of ether oxygens (including phenoxy) is 1. The van der Waals surface area contributed by atoms with Gasteiger partial charge in [-0.2, -0.15) is 0 Å². The second-order valence-electron chi connectivity index (χ2n) is 5.53. The highest BCUT2D eigenvalue weighted by molar-refractivity contribution is 7.77. The smallest absolute Gasteiger partial charge is 0.126 e. The number of nitrogens with zero attached hydrogens (tertiary/aromatic N) is 1. The van der Waals surface area contributed by atoms with Crippen molar-refractivity contribution in [1.82, 2.24) is 9.79 Å². The van der Waals surface area contributed by atoms with E-state index >= 15 is 0 Å². The molecule has 142 valence electrons. The quantitative estimate of drug-likeness (QED) is 0.476. The molecule has 1 unspecified atom stereocenters. The largest absolute Gasteiger partial charge is 0.496 e. The number of thiol groups is 1. The first-order chi connectivity index (χ1) is 12.4. The van der Waals surface area contributed by atoms with Gasteiger partial charge < -0.3 is 10.1 Å². The zero-order valence-corrected chi connectivity index (χ0v) is 16.2. The lowest BCUT2D eigenvalue weighted by molar-refractivity contribution is -0.122. The van der Waals surface area contributed by atoms with Crippen LogP contribution < -0.4 is 10.1 Å². The zero-order chi connectivity index (χ0) is 19.1. The highest BCUT2D eigenvalue weighted by Crippen LogP contribution is 2.34. The third-order valence-electron chi connectivity index (χ3n) is 3.66. The molecule has 0 aliphatic heterocycles. The van der Waals surface area contributed by atoms with Gasteiger partial charge in [-0.1, -0.05) is 30.5 Å². The van der Waals surface area contributed by atoms with Gasteiger partial charge in [-0.25, -0.2) is 8.78 Å². The van der Waals surface area contributed by atoms with Crippen LogP contribution in [0.15, 0.2) is 36.4 Å². The van der Waals surface area contributed by atoms with Crippen molar-refractivity contribution in [3.8, 4) is 5.75 Å². The van der Waals surface area contributed by atoms with Crippen LogP contribution in [0.25, 0.3) is 0 Å². The molecule has 0 fully saturated rings. The summed E-state index contributed by atoms with van der Waals surface area (Å²) in [5.41, 5.74) is 1.16. The van der Waals surface area contributed by atoms with Crippen LogP contribution in [0.4, 0.5) is 8.78 Å². The number of hydroxylamine groups is 1. The highest BCUT2D eigenvalue weighted by Gasteiger charge is 2.22. The van der Waals surface area contributed by atoms with Crippen LogP contribution in [0, 0.1) is 11.6 Å². The minimum absolute atomic E-state index is 0.264. The SMILES string of the molecule is CCN(S)OC(CNCc1cc(F)cc(F)c1)c1c(Cl)cccc1OC. The molecule has 0 saturated carbocycles. The van der Waals surface area contributed by atoms with Gasteiger partial charge >= 0.3 is 0 Å².